The van der Waals surface area contributed by atoms with Crippen molar-refractivity contribution >= 4 is 22.9 Å². The van der Waals surface area contributed by atoms with Crippen molar-refractivity contribution in [2.24, 2.45) is 0 Å². The Morgan fingerprint density at radius 2 is 2.14 bits per heavy atom. The largest absolute Gasteiger partial charge is 0.454 e. The summed E-state index contributed by atoms with van der Waals surface area (Å²) >= 11 is 5.84. The van der Waals surface area contributed by atoms with Gasteiger partial charge < -0.3 is 9.47 Å². The van der Waals surface area contributed by atoms with Crippen LogP contribution in [0, 0.1) is 0 Å². The number of hydrogen-bond acceptors (Lipinski definition) is 3. The number of aldehydes is 1. The van der Waals surface area contributed by atoms with Gasteiger partial charge in [0.2, 0.25) is 6.79 Å². The summed E-state index contributed by atoms with van der Waals surface area (Å²) in [6.07, 6.45) is 1.94. The first-order valence-electron chi connectivity index (χ1n) is 4.02. The molecule has 1 aromatic rings. The monoisotopic (exact) mass is 210 g/mol. The average molecular weight is 211 g/mol. The molecule has 0 aliphatic carbocycles. The number of allylic oxidation sites excluding steroid dienone is 1. The van der Waals surface area contributed by atoms with Gasteiger partial charge in [-0.1, -0.05) is 11.6 Å². The van der Waals surface area contributed by atoms with E-state index in [9.17, 15) is 4.79 Å². The van der Waals surface area contributed by atoms with Crippen molar-refractivity contribution < 1.29 is 14.3 Å². The molecule has 0 saturated heterocycles. The molecule has 0 atom stereocenters. The van der Waals surface area contributed by atoms with Gasteiger partial charge in [-0.05, 0) is 29.8 Å². The Morgan fingerprint density at radius 1 is 1.36 bits per heavy atom. The lowest BCUT2D eigenvalue weighted by Gasteiger charge is -2.00. The minimum Gasteiger partial charge on any atom is -0.454 e. The molecule has 0 amide bonds. The molecule has 72 valence electrons. The van der Waals surface area contributed by atoms with Crippen LogP contribution in [-0.4, -0.2) is 13.1 Å². The Morgan fingerprint density at radius 3 is 2.93 bits per heavy atom. The minimum absolute atomic E-state index is 0.230. The van der Waals surface area contributed by atoms with E-state index in [2.05, 4.69) is 0 Å². The third-order valence-corrected chi connectivity index (χ3v) is 2.21. The van der Waals surface area contributed by atoms with Crippen molar-refractivity contribution in [2.45, 2.75) is 0 Å². The number of carbonyl (C=O) groups is 1. The molecule has 3 nitrogen and oxygen atoms in total. The van der Waals surface area contributed by atoms with Crippen LogP contribution >= 0.6 is 11.6 Å². The summed E-state index contributed by atoms with van der Waals surface area (Å²) in [5.74, 6) is 1.35. The normalized spacial score (nSPS) is 14.2. The van der Waals surface area contributed by atoms with Gasteiger partial charge in [-0.2, -0.15) is 0 Å². The van der Waals surface area contributed by atoms with Crippen LogP contribution in [0.25, 0.3) is 5.03 Å². The number of ether oxygens (including phenoxy) is 2. The molecular weight excluding hydrogens is 204 g/mol. The van der Waals surface area contributed by atoms with E-state index in [4.69, 9.17) is 21.1 Å². The molecule has 1 aromatic carbocycles. The van der Waals surface area contributed by atoms with Crippen molar-refractivity contribution in [1.29, 1.82) is 0 Å². The number of fused-ring (bicyclic) bond motifs is 1. The van der Waals surface area contributed by atoms with Crippen LogP contribution in [0.1, 0.15) is 5.56 Å². The van der Waals surface area contributed by atoms with Gasteiger partial charge in [0.05, 0.1) is 5.03 Å². The molecular formula is C10H7ClO3. The predicted molar refractivity (Wildman–Crippen MR) is 52.5 cm³/mol. The maximum atomic E-state index is 10.2. The lowest BCUT2D eigenvalue weighted by molar-refractivity contribution is -0.104. The molecule has 4 heteroatoms. The van der Waals surface area contributed by atoms with Gasteiger partial charge in [-0.3, -0.25) is 4.79 Å². The zero-order valence-corrected chi connectivity index (χ0v) is 7.95. The lowest BCUT2D eigenvalue weighted by atomic mass is 10.2. The van der Waals surface area contributed by atoms with E-state index < -0.39 is 0 Å². The average Bonchev–Trinajstić information content (AvgIpc) is 2.64. The molecule has 0 spiro atoms. The Bertz CT molecular complexity index is 398. The quantitative estimate of drug-likeness (QED) is 0.555. The van der Waals surface area contributed by atoms with E-state index in [0.29, 0.717) is 22.8 Å². The standard InChI is InChI=1S/C10H7ClO3/c11-8(3-4-12)7-1-2-9-10(5-7)14-6-13-9/h1-5H,6H2/b8-3+. The summed E-state index contributed by atoms with van der Waals surface area (Å²) in [6, 6.07) is 5.28. The van der Waals surface area contributed by atoms with Gasteiger partial charge in [0.1, 0.15) is 6.29 Å². The number of hydrogen-bond donors (Lipinski definition) is 0. The summed E-state index contributed by atoms with van der Waals surface area (Å²) in [5.41, 5.74) is 0.739. The van der Waals surface area contributed by atoms with Gasteiger partial charge in [0.15, 0.2) is 11.5 Å². The van der Waals surface area contributed by atoms with Crippen molar-refractivity contribution in [3.05, 3.63) is 29.8 Å². The second kappa shape index (κ2) is 3.72. The van der Waals surface area contributed by atoms with E-state index in [-0.39, 0.29) is 6.79 Å². The fourth-order valence-electron chi connectivity index (χ4n) is 1.20. The van der Waals surface area contributed by atoms with Gasteiger partial charge in [-0.15, -0.1) is 0 Å². The highest BCUT2D eigenvalue weighted by Crippen LogP contribution is 2.35. The summed E-state index contributed by atoms with van der Waals surface area (Å²) in [7, 11) is 0. The maximum absolute atomic E-state index is 10.2. The third kappa shape index (κ3) is 1.59. The zero-order valence-electron chi connectivity index (χ0n) is 7.20. The topological polar surface area (TPSA) is 35.5 Å². The van der Waals surface area contributed by atoms with Crippen LogP contribution in [0.2, 0.25) is 0 Å². The van der Waals surface area contributed by atoms with Crippen molar-refractivity contribution in [3.63, 3.8) is 0 Å². The first-order valence-corrected chi connectivity index (χ1v) is 4.40. The van der Waals surface area contributed by atoms with Gasteiger partial charge >= 0.3 is 0 Å². The Kier molecular flexibility index (Phi) is 2.41. The second-order valence-corrected chi connectivity index (χ2v) is 3.13. The molecule has 14 heavy (non-hydrogen) atoms. The second-order valence-electron chi connectivity index (χ2n) is 2.72. The lowest BCUT2D eigenvalue weighted by Crippen LogP contribution is -1.92. The summed E-state index contributed by atoms with van der Waals surface area (Å²) in [6.45, 7) is 0.230. The van der Waals surface area contributed by atoms with E-state index in [1.807, 2.05) is 0 Å². The molecule has 0 unspecified atom stereocenters. The summed E-state index contributed by atoms with van der Waals surface area (Å²) in [5, 5.41) is 0.387. The first kappa shape index (κ1) is 9.09. The van der Waals surface area contributed by atoms with Crippen LogP contribution in [0.3, 0.4) is 0 Å². The van der Waals surface area contributed by atoms with E-state index >= 15 is 0 Å². The number of benzene rings is 1. The zero-order chi connectivity index (χ0) is 9.97. The molecule has 1 aliphatic rings. The van der Waals surface area contributed by atoms with Crippen LogP contribution in [0.4, 0.5) is 0 Å². The predicted octanol–water partition coefficient (Wildman–Crippen LogP) is 2.19. The van der Waals surface area contributed by atoms with Crippen LogP contribution in [0.5, 0.6) is 11.5 Å². The van der Waals surface area contributed by atoms with Crippen LogP contribution in [-0.2, 0) is 4.79 Å². The van der Waals surface area contributed by atoms with Crippen molar-refractivity contribution in [2.75, 3.05) is 6.79 Å². The molecule has 2 rings (SSSR count). The Labute approximate surface area is 85.9 Å². The Hall–Kier alpha value is -1.48. The smallest absolute Gasteiger partial charge is 0.231 e. The minimum atomic E-state index is 0.230. The number of carbonyl (C=O) groups excluding carboxylic acids is 1. The highest BCUT2D eigenvalue weighted by atomic mass is 35.5. The van der Waals surface area contributed by atoms with Crippen molar-refractivity contribution in [3.8, 4) is 11.5 Å². The molecule has 0 fully saturated rings. The van der Waals surface area contributed by atoms with E-state index in [1.54, 1.807) is 18.2 Å². The SMILES string of the molecule is O=C/C=C(/Cl)c1ccc2c(c1)OCO2. The fourth-order valence-corrected chi connectivity index (χ4v) is 1.37. The van der Waals surface area contributed by atoms with E-state index in [0.717, 1.165) is 5.56 Å². The number of rotatable bonds is 2. The molecule has 1 aliphatic heterocycles. The van der Waals surface area contributed by atoms with Crippen molar-refractivity contribution in [1.82, 2.24) is 0 Å². The van der Waals surface area contributed by atoms with Crippen LogP contribution in [0.15, 0.2) is 24.3 Å². The summed E-state index contributed by atoms with van der Waals surface area (Å²) in [4.78, 5) is 10.2. The van der Waals surface area contributed by atoms with Gasteiger partial charge in [-0.25, -0.2) is 0 Å². The molecule has 0 N–H and O–H groups in total. The maximum Gasteiger partial charge on any atom is 0.231 e. The summed E-state index contributed by atoms with van der Waals surface area (Å²) < 4.78 is 10.3. The highest BCUT2D eigenvalue weighted by molar-refractivity contribution is 6.49. The molecule has 0 aromatic heterocycles. The Balaban J connectivity index is 2.37. The third-order valence-electron chi connectivity index (χ3n) is 1.86. The van der Waals surface area contributed by atoms with Crippen LogP contribution < -0.4 is 9.47 Å². The molecule has 0 radical (unpaired) electrons. The first-order chi connectivity index (χ1) is 6.81. The fraction of sp³-hybridized carbons (Fsp3) is 0.100. The van der Waals surface area contributed by atoms with Gasteiger partial charge in [0, 0.05) is 0 Å². The molecule has 0 bridgehead atoms. The van der Waals surface area contributed by atoms with E-state index in [1.165, 1.54) is 6.08 Å². The highest BCUT2D eigenvalue weighted by Gasteiger charge is 2.13. The molecule has 0 saturated carbocycles. The van der Waals surface area contributed by atoms with Gasteiger partial charge in [0.25, 0.3) is 0 Å². The number of halogens is 1. The molecule has 1 heterocycles.